The summed E-state index contributed by atoms with van der Waals surface area (Å²) in [6, 6.07) is 0. The summed E-state index contributed by atoms with van der Waals surface area (Å²) in [5.41, 5.74) is -1.03. The number of rotatable bonds is 5. The van der Waals surface area contributed by atoms with Gasteiger partial charge in [-0.3, -0.25) is 14.9 Å². The number of nitrogens with one attached hydrogen (secondary N) is 1. The molecule has 0 radical (unpaired) electrons. The molecular weight excluding hydrogens is 234 g/mol. The molecule has 1 aliphatic rings. The van der Waals surface area contributed by atoms with Gasteiger partial charge in [-0.2, -0.15) is 0 Å². The lowest BCUT2D eigenvalue weighted by atomic mass is 9.99. The number of nitrogens with zero attached hydrogens (tertiary/aromatic N) is 2. The van der Waals surface area contributed by atoms with Crippen molar-refractivity contribution in [2.24, 2.45) is 0 Å². The quantitative estimate of drug-likeness (QED) is 0.701. The summed E-state index contributed by atoms with van der Waals surface area (Å²) >= 11 is 0. The molecule has 1 amide bonds. The van der Waals surface area contributed by atoms with Crippen LogP contribution in [0.5, 0.6) is 0 Å². The minimum absolute atomic E-state index is 0.0241. The first-order valence-corrected chi connectivity index (χ1v) is 6.34. The molecule has 0 aliphatic carbocycles. The van der Waals surface area contributed by atoms with Crippen molar-refractivity contribution in [3.63, 3.8) is 0 Å². The van der Waals surface area contributed by atoms with Gasteiger partial charge in [0.15, 0.2) is 0 Å². The molecule has 0 bridgehead atoms. The van der Waals surface area contributed by atoms with E-state index < -0.39 is 11.5 Å². The summed E-state index contributed by atoms with van der Waals surface area (Å²) in [7, 11) is 2.03. The average molecular weight is 257 g/mol. The van der Waals surface area contributed by atoms with Crippen molar-refractivity contribution in [3.8, 4) is 0 Å². The lowest BCUT2D eigenvalue weighted by molar-refractivity contribution is -0.144. The van der Waals surface area contributed by atoms with Gasteiger partial charge in [-0.1, -0.05) is 6.92 Å². The van der Waals surface area contributed by atoms with E-state index in [0.717, 1.165) is 13.1 Å². The van der Waals surface area contributed by atoms with E-state index >= 15 is 0 Å². The SMILES string of the molecule is CCC(C)(NCC(=O)N1CCN(C)CC1)C(=O)O. The van der Waals surface area contributed by atoms with Crippen LogP contribution >= 0.6 is 0 Å². The number of likely N-dealkylation sites (N-methyl/N-ethyl adjacent to an activating group) is 1. The lowest BCUT2D eigenvalue weighted by Gasteiger charge is -2.33. The van der Waals surface area contributed by atoms with Gasteiger partial charge in [0.2, 0.25) is 5.91 Å². The highest BCUT2D eigenvalue weighted by Crippen LogP contribution is 2.09. The average Bonchev–Trinajstić information content (AvgIpc) is 2.36. The number of hydrogen-bond acceptors (Lipinski definition) is 4. The molecule has 6 nitrogen and oxygen atoms in total. The lowest BCUT2D eigenvalue weighted by Crippen LogP contribution is -2.55. The smallest absolute Gasteiger partial charge is 0.323 e. The van der Waals surface area contributed by atoms with Gasteiger partial charge in [0.05, 0.1) is 6.54 Å². The molecule has 1 saturated heterocycles. The molecular formula is C12H23N3O3. The second kappa shape index (κ2) is 6.15. The van der Waals surface area contributed by atoms with E-state index in [1.807, 2.05) is 7.05 Å². The fourth-order valence-electron chi connectivity index (χ4n) is 1.79. The van der Waals surface area contributed by atoms with Crippen LogP contribution in [0.2, 0.25) is 0 Å². The van der Waals surface area contributed by atoms with Gasteiger partial charge >= 0.3 is 5.97 Å². The van der Waals surface area contributed by atoms with E-state index in [0.29, 0.717) is 19.5 Å². The first-order valence-electron chi connectivity index (χ1n) is 6.34. The van der Waals surface area contributed by atoms with Crippen LogP contribution in [0.4, 0.5) is 0 Å². The third kappa shape index (κ3) is 3.68. The molecule has 0 aromatic carbocycles. The summed E-state index contributed by atoms with van der Waals surface area (Å²) in [4.78, 5) is 27.0. The summed E-state index contributed by atoms with van der Waals surface area (Å²) in [5.74, 6) is -0.944. The van der Waals surface area contributed by atoms with Gasteiger partial charge in [-0.15, -0.1) is 0 Å². The van der Waals surface area contributed by atoms with Gasteiger partial charge in [-0.25, -0.2) is 0 Å². The standard InChI is InChI=1S/C12H23N3O3/c1-4-12(2,11(17)18)13-9-10(16)15-7-5-14(3)6-8-15/h13H,4-9H2,1-3H3,(H,17,18). The predicted octanol–water partition coefficient (Wildman–Crippen LogP) is -0.397. The predicted molar refractivity (Wildman–Crippen MR) is 68.4 cm³/mol. The fourth-order valence-corrected chi connectivity index (χ4v) is 1.79. The molecule has 1 unspecified atom stereocenters. The maximum absolute atomic E-state index is 11.9. The second-order valence-corrected chi connectivity index (χ2v) is 5.03. The Balaban J connectivity index is 2.43. The number of piperazine rings is 1. The van der Waals surface area contributed by atoms with Gasteiger partial charge in [0.1, 0.15) is 5.54 Å². The summed E-state index contributed by atoms with van der Waals surface area (Å²) < 4.78 is 0. The number of carboxylic acids is 1. The molecule has 104 valence electrons. The zero-order valence-corrected chi connectivity index (χ0v) is 11.4. The van der Waals surface area contributed by atoms with Gasteiger partial charge in [0.25, 0.3) is 0 Å². The van der Waals surface area contributed by atoms with E-state index in [2.05, 4.69) is 10.2 Å². The summed E-state index contributed by atoms with van der Waals surface area (Å²) in [6.07, 6.45) is 0.443. The molecule has 0 spiro atoms. The molecule has 1 heterocycles. The summed E-state index contributed by atoms with van der Waals surface area (Å²) in [6.45, 7) is 6.65. The van der Waals surface area contributed by atoms with Crippen LogP contribution in [-0.2, 0) is 9.59 Å². The largest absolute Gasteiger partial charge is 0.480 e. The Bertz CT molecular complexity index is 314. The Morgan fingerprint density at radius 3 is 2.28 bits per heavy atom. The summed E-state index contributed by atoms with van der Waals surface area (Å²) in [5, 5.41) is 11.9. The second-order valence-electron chi connectivity index (χ2n) is 5.03. The van der Waals surface area contributed by atoms with Crippen molar-refractivity contribution in [1.29, 1.82) is 0 Å². The number of carbonyl (C=O) groups is 2. The molecule has 1 aliphatic heterocycles. The number of amides is 1. The van der Waals surface area contributed by atoms with E-state index in [1.165, 1.54) is 0 Å². The van der Waals surface area contributed by atoms with Gasteiger partial charge in [-0.05, 0) is 20.4 Å². The molecule has 2 N–H and O–H groups in total. The van der Waals surface area contributed by atoms with Gasteiger partial charge in [0, 0.05) is 26.2 Å². The third-order valence-electron chi connectivity index (χ3n) is 3.66. The number of carboxylic acid groups (broad SMARTS) is 1. The van der Waals surface area contributed by atoms with Crippen LogP contribution in [0.1, 0.15) is 20.3 Å². The Morgan fingerprint density at radius 2 is 1.83 bits per heavy atom. The molecule has 0 aromatic rings. The minimum atomic E-state index is -1.03. The van der Waals surface area contributed by atoms with E-state index in [9.17, 15) is 9.59 Å². The Kier molecular flexibility index (Phi) is 5.10. The zero-order chi connectivity index (χ0) is 13.8. The first kappa shape index (κ1) is 14.9. The number of aliphatic carboxylic acids is 1. The first-order chi connectivity index (χ1) is 8.39. The van der Waals surface area contributed by atoms with Crippen molar-refractivity contribution < 1.29 is 14.7 Å². The van der Waals surface area contributed by atoms with Crippen molar-refractivity contribution >= 4 is 11.9 Å². The molecule has 0 aromatic heterocycles. The van der Waals surface area contributed by atoms with Gasteiger partial charge < -0.3 is 14.9 Å². The normalized spacial score (nSPS) is 20.5. The van der Waals surface area contributed by atoms with Crippen LogP contribution in [0, 0.1) is 0 Å². The van der Waals surface area contributed by atoms with Crippen LogP contribution < -0.4 is 5.32 Å². The molecule has 1 atom stereocenters. The van der Waals surface area contributed by atoms with Crippen molar-refractivity contribution in [1.82, 2.24) is 15.1 Å². The van der Waals surface area contributed by atoms with Crippen molar-refractivity contribution in [3.05, 3.63) is 0 Å². The van der Waals surface area contributed by atoms with E-state index in [4.69, 9.17) is 5.11 Å². The van der Waals surface area contributed by atoms with Crippen molar-refractivity contribution in [2.45, 2.75) is 25.8 Å². The monoisotopic (exact) mass is 257 g/mol. The third-order valence-corrected chi connectivity index (χ3v) is 3.66. The van der Waals surface area contributed by atoms with Crippen molar-refractivity contribution in [2.75, 3.05) is 39.8 Å². The highest BCUT2D eigenvalue weighted by molar-refractivity contribution is 5.82. The molecule has 6 heteroatoms. The van der Waals surface area contributed by atoms with Crippen LogP contribution in [0.3, 0.4) is 0 Å². The Morgan fingerprint density at radius 1 is 1.28 bits per heavy atom. The Labute approximate surface area is 108 Å². The highest BCUT2D eigenvalue weighted by atomic mass is 16.4. The Hall–Kier alpha value is -1.14. The zero-order valence-electron chi connectivity index (χ0n) is 11.4. The minimum Gasteiger partial charge on any atom is -0.480 e. The maximum atomic E-state index is 11.9. The topological polar surface area (TPSA) is 72.9 Å². The number of carbonyl (C=O) groups excluding carboxylic acids is 1. The highest BCUT2D eigenvalue weighted by Gasteiger charge is 2.31. The van der Waals surface area contributed by atoms with E-state index in [-0.39, 0.29) is 12.5 Å². The maximum Gasteiger partial charge on any atom is 0.323 e. The van der Waals surface area contributed by atoms with Crippen LogP contribution in [0.25, 0.3) is 0 Å². The van der Waals surface area contributed by atoms with Crippen LogP contribution in [0.15, 0.2) is 0 Å². The molecule has 1 rings (SSSR count). The molecule has 18 heavy (non-hydrogen) atoms. The van der Waals surface area contributed by atoms with E-state index in [1.54, 1.807) is 18.7 Å². The number of hydrogen-bond donors (Lipinski definition) is 2. The molecule has 1 fully saturated rings. The van der Waals surface area contributed by atoms with Crippen LogP contribution in [-0.4, -0.2) is 72.1 Å². The molecule has 0 saturated carbocycles. The fraction of sp³-hybridized carbons (Fsp3) is 0.833.